The molecule has 1 fully saturated rings. The minimum atomic E-state index is -0.0898. The maximum atomic E-state index is 12.9. The number of nitrogens with one attached hydrogen (secondary N) is 1. The van der Waals surface area contributed by atoms with Crippen LogP contribution in [0.4, 0.5) is 16.2 Å². The van der Waals surface area contributed by atoms with Gasteiger partial charge in [0, 0.05) is 43.6 Å². The van der Waals surface area contributed by atoms with Crippen molar-refractivity contribution in [1.29, 1.82) is 0 Å². The highest BCUT2D eigenvalue weighted by atomic mass is 16.5. The molecule has 1 aliphatic rings. The fourth-order valence-corrected chi connectivity index (χ4v) is 3.47. The van der Waals surface area contributed by atoms with Gasteiger partial charge in [-0.3, -0.25) is 0 Å². The Morgan fingerprint density at radius 2 is 1.85 bits per heavy atom. The third kappa shape index (κ3) is 4.10. The summed E-state index contributed by atoms with van der Waals surface area (Å²) in [5, 5.41) is 3.01. The van der Waals surface area contributed by atoms with E-state index < -0.39 is 0 Å². The molecule has 144 valence electrons. The molecule has 2 amide bonds. The molecule has 1 atom stereocenters. The van der Waals surface area contributed by atoms with Crippen molar-refractivity contribution < 1.29 is 14.3 Å². The SMILES string of the molecule is COc1ccc(C2CCCN2C(=O)Nc2ccc(N(C)C)cc2)c(OC)c1. The average Bonchev–Trinajstić information content (AvgIpc) is 3.17. The Hall–Kier alpha value is -2.89. The zero-order chi connectivity index (χ0) is 19.4. The van der Waals surface area contributed by atoms with Gasteiger partial charge in [-0.2, -0.15) is 0 Å². The molecule has 6 heteroatoms. The van der Waals surface area contributed by atoms with E-state index in [0.717, 1.165) is 47.8 Å². The number of anilines is 2. The highest BCUT2D eigenvalue weighted by Crippen LogP contribution is 2.39. The summed E-state index contributed by atoms with van der Waals surface area (Å²) >= 11 is 0. The van der Waals surface area contributed by atoms with Crippen LogP contribution in [0.25, 0.3) is 0 Å². The molecule has 2 aromatic carbocycles. The maximum Gasteiger partial charge on any atom is 0.322 e. The molecule has 3 rings (SSSR count). The molecule has 0 aromatic heterocycles. The van der Waals surface area contributed by atoms with Gasteiger partial charge in [0.1, 0.15) is 11.5 Å². The minimum absolute atomic E-state index is 0.00750. The van der Waals surface area contributed by atoms with Crippen LogP contribution in [0.2, 0.25) is 0 Å². The summed E-state index contributed by atoms with van der Waals surface area (Å²) in [6.45, 7) is 0.724. The lowest BCUT2D eigenvalue weighted by molar-refractivity contribution is 0.206. The van der Waals surface area contributed by atoms with Crippen molar-refractivity contribution in [2.75, 3.05) is 45.1 Å². The van der Waals surface area contributed by atoms with Gasteiger partial charge in [0.05, 0.1) is 20.3 Å². The van der Waals surface area contributed by atoms with Gasteiger partial charge in [-0.25, -0.2) is 4.79 Å². The summed E-state index contributed by atoms with van der Waals surface area (Å²) < 4.78 is 10.8. The van der Waals surface area contributed by atoms with E-state index in [1.165, 1.54) is 0 Å². The van der Waals surface area contributed by atoms with Crippen LogP contribution < -0.4 is 19.7 Å². The minimum Gasteiger partial charge on any atom is -0.497 e. The second-order valence-electron chi connectivity index (χ2n) is 6.83. The maximum absolute atomic E-state index is 12.9. The van der Waals surface area contributed by atoms with E-state index in [9.17, 15) is 4.79 Å². The van der Waals surface area contributed by atoms with Crippen molar-refractivity contribution in [3.63, 3.8) is 0 Å². The first kappa shape index (κ1) is 18.9. The third-order valence-electron chi connectivity index (χ3n) is 4.95. The second-order valence-corrected chi connectivity index (χ2v) is 6.83. The van der Waals surface area contributed by atoms with Gasteiger partial charge in [-0.1, -0.05) is 0 Å². The summed E-state index contributed by atoms with van der Waals surface area (Å²) in [5.74, 6) is 1.49. The predicted molar refractivity (Wildman–Crippen MR) is 108 cm³/mol. The predicted octanol–water partition coefficient (Wildman–Crippen LogP) is 4.14. The van der Waals surface area contributed by atoms with Crippen molar-refractivity contribution in [1.82, 2.24) is 4.90 Å². The molecule has 0 bridgehead atoms. The zero-order valence-corrected chi connectivity index (χ0v) is 16.4. The van der Waals surface area contributed by atoms with Crippen molar-refractivity contribution in [2.45, 2.75) is 18.9 Å². The first-order chi connectivity index (χ1) is 13.0. The normalized spacial score (nSPS) is 16.1. The van der Waals surface area contributed by atoms with Crippen LogP contribution in [0.15, 0.2) is 42.5 Å². The first-order valence-corrected chi connectivity index (χ1v) is 9.10. The fourth-order valence-electron chi connectivity index (χ4n) is 3.47. The van der Waals surface area contributed by atoms with E-state index in [-0.39, 0.29) is 12.1 Å². The van der Waals surface area contributed by atoms with E-state index in [1.54, 1.807) is 14.2 Å². The van der Waals surface area contributed by atoms with Gasteiger partial charge in [0.25, 0.3) is 0 Å². The quantitative estimate of drug-likeness (QED) is 0.861. The molecule has 1 aliphatic heterocycles. The number of carbonyl (C=O) groups excluding carboxylic acids is 1. The number of ether oxygens (including phenoxy) is 2. The Morgan fingerprint density at radius 3 is 2.48 bits per heavy atom. The van der Waals surface area contributed by atoms with Crippen LogP contribution in [0, 0.1) is 0 Å². The lowest BCUT2D eigenvalue weighted by atomic mass is 10.0. The monoisotopic (exact) mass is 369 g/mol. The molecular weight excluding hydrogens is 342 g/mol. The number of rotatable bonds is 5. The van der Waals surface area contributed by atoms with Gasteiger partial charge in [-0.05, 0) is 49.2 Å². The third-order valence-corrected chi connectivity index (χ3v) is 4.95. The van der Waals surface area contributed by atoms with Gasteiger partial charge in [0.15, 0.2) is 0 Å². The van der Waals surface area contributed by atoms with Crippen molar-refractivity contribution in [3.8, 4) is 11.5 Å². The van der Waals surface area contributed by atoms with Gasteiger partial charge in [-0.15, -0.1) is 0 Å². The molecule has 1 unspecified atom stereocenters. The summed E-state index contributed by atoms with van der Waals surface area (Å²) in [7, 11) is 7.25. The number of hydrogen-bond donors (Lipinski definition) is 1. The van der Waals surface area contributed by atoms with E-state index in [0.29, 0.717) is 0 Å². The Bertz CT molecular complexity index is 790. The summed E-state index contributed by atoms with van der Waals surface area (Å²) in [6, 6.07) is 13.5. The van der Waals surface area contributed by atoms with Gasteiger partial charge in [0.2, 0.25) is 0 Å². The van der Waals surface area contributed by atoms with Crippen LogP contribution in [0.5, 0.6) is 11.5 Å². The first-order valence-electron chi connectivity index (χ1n) is 9.10. The largest absolute Gasteiger partial charge is 0.497 e. The van der Waals surface area contributed by atoms with Gasteiger partial charge >= 0.3 is 6.03 Å². The fraction of sp³-hybridized carbons (Fsp3) is 0.381. The number of amides is 2. The second kappa shape index (κ2) is 8.20. The smallest absolute Gasteiger partial charge is 0.322 e. The molecule has 0 spiro atoms. The number of methoxy groups -OCH3 is 2. The van der Waals surface area contributed by atoms with Crippen molar-refractivity contribution >= 4 is 17.4 Å². The van der Waals surface area contributed by atoms with E-state index in [1.807, 2.05) is 66.4 Å². The van der Waals surface area contributed by atoms with Crippen LogP contribution >= 0.6 is 0 Å². The van der Waals surface area contributed by atoms with Crippen LogP contribution in [-0.2, 0) is 0 Å². The molecule has 1 N–H and O–H groups in total. The zero-order valence-electron chi connectivity index (χ0n) is 16.4. The number of benzene rings is 2. The summed E-state index contributed by atoms with van der Waals surface area (Å²) in [5.41, 5.74) is 2.89. The molecule has 0 radical (unpaired) electrons. The van der Waals surface area contributed by atoms with Crippen LogP contribution in [0.1, 0.15) is 24.4 Å². The molecule has 27 heavy (non-hydrogen) atoms. The Labute approximate surface area is 160 Å². The Morgan fingerprint density at radius 1 is 1.11 bits per heavy atom. The topological polar surface area (TPSA) is 54.0 Å². The van der Waals surface area contributed by atoms with Crippen molar-refractivity contribution in [3.05, 3.63) is 48.0 Å². The molecule has 0 aliphatic carbocycles. The number of carbonyl (C=O) groups is 1. The van der Waals surface area contributed by atoms with E-state index in [2.05, 4.69) is 5.32 Å². The Kier molecular flexibility index (Phi) is 5.74. The lowest BCUT2D eigenvalue weighted by Gasteiger charge is -2.27. The van der Waals surface area contributed by atoms with Crippen LogP contribution in [-0.4, -0.2) is 45.8 Å². The Balaban J connectivity index is 1.76. The van der Waals surface area contributed by atoms with E-state index >= 15 is 0 Å². The molecular formula is C21H27N3O3. The molecule has 1 saturated heterocycles. The molecule has 0 saturated carbocycles. The average molecular weight is 369 g/mol. The molecule has 6 nitrogen and oxygen atoms in total. The highest BCUT2D eigenvalue weighted by molar-refractivity contribution is 5.90. The lowest BCUT2D eigenvalue weighted by Crippen LogP contribution is -2.34. The van der Waals surface area contributed by atoms with Gasteiger partial charge < -0.3 is 24.6 Å². The number of likely N-dealkylation sites (tertiary alicyclic amines) is 1. The van der Waals surface area contributed by atoms with Crippen LogP contribution in [0.3, 0.4) is 0 Å². The summed E-state index contributed by atoms with van der Waals surface area (Å²) in [4.78, 5) is 16.8. The standard InChI is InChI=1S/C21H27N3O3/c1-23(2)16-9-7-15(8-10-16)22-21(25)24-13-5-6-19(24)18-12-11-17(26-3)14-20(18)27-4/h7-12,14,19H,5-6,13H2,1-4H3,(H,22,25). The number of nitrogens with zero attached hydrogens (tertiary/aromatic N) is 2. The molecule has 1 heterocycles. The summed E-state index contributed by atoms with van der Waals surface area (Å²) in [6.07, 6.45) is 1.88. The molecule has 2 aromatic rings. The highest BCUT2D eigenvalue weighted by Gasteiger charge is 2.32. The number of urea groups is 1. The van der Waals surface area contributed by atoms with Crippen molar-refractivity contribution in [2.24, 2.45) is 0 Å². The van der Waals surface area contributed by atoms with E-state index in [4.69, 9.17) is 9.47 Å². The number of hydrogen-bond acceptors (Lipinski definition) is 4.